The van der Waals surface area contributed by atoms with Gasteiger partial charge in [-0.2, -0.15) is 0 Å². The van der Waals surface area contributed by atoms with Gasteiger partial charge in [0.05, 0.1) is 0 Å². The highest BCUT2D eigenvalue weighted by Gasteiger charge is 2.44. The summed E-state index contributed by atoms with van der Waals surface area (Å²) in [6.45, 7) is 4.58. The van der Waals surface area contributed by atoms with E-state index in [-0.39, 0.29) is 5.41 Å². The molecule has 0 fully saturated rings. The molecule has 141 valence electrons. The Morgan fingerprint density at radius 2 is 1.11 bits per heavy atom. The lowest BCUT2D eigenvalue weighted by Crippen LogP contribution is -2.69. The van der Waals surface area contributed by atoms with E-state index in [1.54, 1.807) is 0 Å². The third-order valence-electron chi connectivity index (χ3n) is 5.56. The molecule has 0 saturated carbocycles. The van der Waals surface area contributed by atoms with Crippen molar-refractivity contribution in [3.63, 3.8) is 0 Å². The smallest absolute Gasteiger partial charge is 0.289 e. The predicted octanol–water partition coefficient (Wildman–Crippen LogP) is 4.58. The first kappa shape index (κ1) is 18.9. The van der Waals surface area contributed by atoms with Crippen molar-refractivity contribution in [2.24, 2.45) is 5.41 Å². The van der Waals surface area contributed by atoms with Gasteiger partial charge in [0.1, 0.15) is 6.10 Å². The van der Waals surface area contributed by atoms with Crippen molar-refractivity contribution < 1.29 is 4.43 Å². The van der Waals surface area contributed by atoms with Crippen molar-refractivity contribution in [1.82, 2.24) is 0 Å². The predicted molar refractivity (Wildman–Crippen MR) is 120 cm³/mol. The number of hydrogen-bond acceptors (Lipinski definition) is 1. The fourth-order valence-corrected chi connectivity index (χ4v) is 7.81. The number of benzene rings is 3. The highest BCUT2D eigenvalue weighted by Crippen LogP contribution is 2.35. The minimum absolute atomic E-state index is 0.239. The summed E-state index contributed by atoms with van der Waals surface area (Å²) in [7, 11) is -2.65. The van der Waals surface area contributed by atoms with Gasteiger partial charge in [-0.05, 0) is 33.8 Å². The molecule has 3 aromatic rings. The van der Waals surface area contributed by atoms with E-state index >= 15 is 0 Å². The third-order valence-corrected chi connectivity index (χ3v) is 9.57. The molecule has 0 atom stereocenters. The summed E-state index contributed by atoms with van der Waals surface area (Å²) in [4.78, 5) is 0. The van der Waals surface area contributed by atoms with Crippen LogP contribution in [0.2, 0.25) is 0 Å². The molecule has 0 aliphatic heterocycles. The van der Waals surface area contributed by atoms with Crippen LogP contribution in [0.3, 0.4) is 0 Å². The van der Waals surface area contributed by atoms with Crippen LogP contribution < -0.4 is 15.6 Å². The molecule has 4 rings (SSSR count). The van der Waals surface area contributed by atoms with Crippen molar-refractivity contribution in [3.8, 4) is 0 Å². The third kappa shape index (κ3) is 3.75. The van der Waals surface area contributed by atoms with E-state index in [0.717, 1.165) is 18.9 Å². The van der Waals surface area contributed by atoms with E-state index in [0.29, 0.717) is 0 Å². The summed E-state index contributed by atoms with van der Waals surface area (Å²) in [5.74, 6) is 0. The summed E-state index contributed by atoms with van der Waals surface area (Å²) in [5, 5.41) is 3.83. The average molecular weight is 384 g/mol. The molecule has 1 aliphatic rings. The van der Waals surface area contributed by atoms with Gasteiger partial charge in [-0.1, -0.05) is 117 Å². The molecule has 1 nitrogen and oxygen atoms in total. The fourth-order valence-electron chi connectivity index (χ4n) is 3.91. The highest BCUT2D eigenvalue weighted by molar-refractivity contribution is 7.07. The maximum absolute atomic E-state index is 7.10. The minimum Gasteiger partial charge on any atom is -0.392 e. The van der Waals surface area contributed by atoms with Crippen LogP contribution in [0, 0.1) is 11.5 Å². The molecule has 0 heterocycles. The van der Waals surface area contributed by atoms with E-state index in [1.807, 2.05) is 0 Å². The van der Waals surface area contributed by atoms with E-state index in [9.17, 15) is 0 Å². The van der Waals surface area contributed by atoms with Gasteiger partial charge >= 0.3 is 0 Å². The molecule has 1 radical (unpaired) electrons. The lowest BCUT2D eigenvalue weighted by atomic mass is 9.82. The Kier molecular flexibility index (Phi) is 5.34. The highest BCUT2D eigenvalue weighted by atomic mass is 28.4. The maximum atomic E-state index is 7.10. The van der Waals surface area contributed by atoms with Crippen molar-refractivity contribution in [1.29, 1.82) is 0 Å². The number of allylic oxidation sites excluding steroid dienone is 1. The molecule has 3 aromatic carbocycles. The second kappa shape index (κ2) is 7.90. The van der Waals surface area contributed by atoms with Gasteiger partial charge in [0, 0.05) is 0 Å². The molecule has 0 N–H and O–H groups in total. The van der Waals surface area contributed by atoms with Gasteiger partial charge in [0.25, 0.3) is 8.32 Å². The first-order valence-corrected chi connectivity index (χ1v) is 11.9. The van der Waals surface area contributed by atoms with Gasteiger partial charge < -0.3 is 4.43 Å². The van der Waals surface area contributed by atoms with Crippen LogP contribution in [0.15, 0.2) is 103 Å². The lowest BCUT2D eigenvalue weighted by Gasteiger charge is -2.37. The summed E-state index contributed by atoms with van der Waals surface area (Å²) in [6, 6.07) is 32.3. The van der Waals surface area contributed by atoms with Gasteiger partial charge in [-0.25, -0.2) is 0 Å². The summed E-state index contributed by atoms with van der Waals surface area (Å²) >= 11 is 0. The van der Waals surface area contributed by atoms with Crippen molar-refractivity contribution in [2.45, 2.75) is 26.7 Å². The Labute approximate surface area is 169 Å². The van der Waals surface area contributed by atoms with Gasteiger partial charge in [0.2, 0.25) is 0 Å². The second-order valence-electron chi connectivity index (χ2n) is 8.17. The van der Waals surface area contributed by atoms with E-state index in [1.165, 1.54) is 15.6 Å². The van der Waals surface area contributed by atoms with Crippen LogP contribution in [-0.4, -0.2) is 8.32 Å². The van der Waals surface area contributed by atoms with Crippen molar-refractivity contribution in [2.75, 3.05) is 0 Å². The molecule has 0 bridgehead atoms. The molecule has 0 amide bonds. The second-order valence-corrected chi connectivity index (χ2v) is 11.5. The van der Waals surface area contributed by atoms with Gasteiger partial charge in [-0.15, -0.1) is 0 Å². The molecule has 1 aliphatic carbocycles. The van der Waals surface area contributed by atoms with Gasteiger partial charge in [0.15, 0.2) is 0 Å². The normalized spacial score (nSPS) is 16.8. The molecular formula is C26H27OSi. The van der Waals surface area contributed by atoms with Crippen molar-refractivity contribution in [3.05, 3.63) is 109 Å². The van der Waals surface area contributed by atoms with Gasteiger partial charge in [-0.3, -0.25) is 0 Å². The SMILES string of the molecule is CC1(C)C=C[C](O[Si](c2ccccc2)(c2ccccc2)c2ccccc2)CC1. The average Bonchev–Trinajstić information content (AvgIpc) is 2.75. The van der Waals surface area contributed by atoms with Crippen LogP contribution in [0.25, 0.3) is 0 Å². The van der Waals surface area contributed by atoms with E-state index in [4.69, 9.17) is 4.43 Å². The van der Waals surface area contributed by atoms with Crippen LogP contribution in [0.5, 0.6) is 0 Å². The summed E-state index contributed by atoms with van der Waals surface area (Å²) < 4.78 is 7.10. The zero-order chi connectivity index (χ0) is 19.5. The number of hydrogen-bond donors (Lipinski definition) is 0. The van der Waals surface area contributed by atoms with Crippen LogP contribution >= 0.6 is 0 Å². The molecule has 0 aromatic heterocycles. The Hall–Kier alpha value is -2.42. The number of rotatable bonds is 5. The minimum atomic E-state index is -2.65. The summed E-state index contributed by atoms with van der Waals surface area (Å²) in [6.07, 6.45) is 7.70. The lowest BCUT2D eigenvalue weighted by molar-refractivity contribution is 0.292. The first-order valence-electron chi connectivity index (χ1n) is 10.0. The quantitative estimate of drug-likeness (QED) is 0.463. The Balaban J connectivity index is 1.89. The molecule has 0 spiro atoms. The van der Waals surface area contributed by atoms with Crippen LogP contribution in [0.4, 0.5) is 0 Å². The Bertz CT molecular complexity index is 820. The maximum Gasteiger partial charge on any atom is 0.289 e. The Morgan fingerprint density at radius 1 is 0.679 bits per heavy atom. The zero-order valence-corrected chi connectivity index (χ0v) is 17.6. The largest absolute Gasteiger partial charge is 0.392 e. The van der Waals surface area contributed by atoms with Crippen LogP contribution in [-0.2, 0) is 4.43 Å². The van der Waals surface area contributed by atoms with E-state index in [2.05, 4.69) is 117 Å². The molecular weight excluding hydrogens is 356 g/mol. The van der Waals surface area contributed by atoms with Crippen molar-refractivity contribution >= 4 is 23.9 Å². The zero-order valence-electron chi connectivity index (χ0n) is 16.6. The van der Waals surface area contributed by atoms with E-state index < -0.39 is 8.32 Å². The molecule has 2 heteroatoms. The topological polar surface area (TPSA) is 9.23 Å². The molecule has 0 saturated heterocycles. The standard InChI is InChI=1S/C26H27OSi/c1-26(2)20-18-22(19-21-26)27-28(23-12-6-3-7-13-23,24-14-8-4-9-15-24)25-16-10-5-11-17-25/h3-18,20H,19,21H2,1-2H3. The van der Waals surface area contributed by atoms with Crippen LogP contribution in [0.1, 0.15) is 26.7 Å². The molecule has 28 heavy (non-hydrogen) atoms. The monoisotopic (exact) mass is 383 g/mol. The molecule has 0 unspecified atom stereocenters. The first-order chi connectivity index (χ1) is 13.6. The summed E-state index contributed by atoms with van der Waals surface area (Å²) in [5.41, 5.74) is 0.239. The fraction of sp³-hybridized carbons (Fsp3) is 0.192. The Morgan fingerprint density at radius 3 is 1.46 bits per heavy atom.